The summed E-state index contributed by atoms with van der Waals surface area (Å²) in [7, 11) is -1.32. The molecule has 0 heterocycles. The zero-order valence-corrected chi connectivity index (χ0v) is 12.5. The first-order chi connectivity index (χ1) is 8.14. The van der Waals surface area contributed by atoms with Gasteiger partial charge >= 0.3 is 0 Å². The van der Waals surface area contributed by atoms with Gasteiger partial charge in [0.15, 0.2) is 0 Å². The third kappa shape index (κ3) is 5.85. The second-order valence-electron chi connectivity index (χ2n) is 4.48. The molecular weight excluding hydrogens is 226 g/mol. The predicted octanol–water partition coefficient (Wildman–Crippen LogP) is 4.08. The highest BCUT2D eigenvalue weighted by Gasteiger charge is 2.27. The maximum absolute atomic E-state index is 8.48. The lowest BCUT2D eigenvalue weighted by Gasteiger charge is -2.28. The third-order valence-corrected chi connectivity index (χ3v) is 8.50. The van der Waals surface area contributed by atoms with Gasteiger partial charge in [-0.3, -0.25) is 0 Å². The number of ether oxygens (including phenoxy) is 1. The molecule has 0 bridgehead atoms. The number of hydrogen-bond acceptors (Lipinski definition) is 2. The molecule has 0 atom stereocenters. The van der Waals surface area contributed by atoms with E-state index in [4.69, 9.17) is 10.00 Å². The summed E-state index contributed by atoms with van der Waals surface area (Å²) in [5.41, 5.74) is 0. The first-order valence-electron chi connectivity index (χ1n) is 6.39. The second-order valence-corrected chi connectivity index (χ2v) is 9.66. The third-order valence-electron chi connectivity index (χ3n) is 3.48. The van der Waals surface area contributed by atoms with Gasteiger partial charge in [0.1, 0.15) is 0 Å². The quantitative estimate of drug-likeness (QED) is 0.351. The molecule has 0 aliphatic carbocycles. The topological polar surface area (TPSA) is 33.0 Å². The van der Waals surface area contributed by atoms with Crippen molar-refractivity contribution < 1.29 is 4.74 Å². The Morgan fingerprint density at radius 2 is 2.06 bits per heavy atom. The Kier molecular flexibility index (Phi) is 8.74. The predicted molar refractivity (Wildman–Crippen MR) is 76.5 cm³/mol. The summed E-state index contributed by atoms with van der Waals surface area (Å²) >= 11 is 0. The molecule has 0 aliphatic heterocycles. The first kappa shape index (κ1) is 16.1. The van der Waals surface area contributed by atoms with Crippen molar-refractivity contribution in [2.45, 2.75) is 45.3 Å². The minimum Gasteiger partial charge on any atom is -0.376 e. The van der Waals surface area contributed by atoms with E-state index in [0.717, 1.165) is 6.42 Å². The van der Waals surface area contributed by atoms with Crippen LogP contribution < -0.4 is 0 Å². The highest BCUT2D eigenvalue weighted by molar-refractivity contribution is 6.85. The van der Waals surface area contributed by atoms with Crippen LogP contribution in [0.1, 0.15) is 26.7 Å². The van der Waals surface area contributed by atoms with Crippen LogP contribution in [0.3, 0.4) is 0 Å². The van der Waals surface area contributed by atoms with Crippen LogP contribution >= 0.6 is 0 Å². The molecule has 0 rings (SSSR count). The molecule has 0 amide bonds. The summed E-state index contributed by atoms with van der Waals surface area (Å²) in [6, 6.07) is 4.59. The van der Waals surface area contributed by atoms with Crippen molar-refractivity contribution in [3.05, 3.63) is 23.9 Å². The second kappa shape index (κ2) is 9.21. The zero-order chi connectivity index (χ0) is 13.1. The number of nitriles is 1. The zero-order valence-electron chi connectivity index (χ0n) is 11.5. The molecular formula is C14H25NOSi. The fraction of sp³-hybridized carbons (Fsp3) is 0.643. The van der Waals surface area contributed by atoms with E-state index in [2.05, 4.69) is 39.1 Å². The number of nitrogens with zero attached hydrogens (tertiary/aromatic N) is 1. The van der Waals surface area contributed by atoms with Crippen LogP contribution in [0.2, 0.25) is 18.6 Å². The van der Waals surface area contributed by atoms with Gasteiger partial charge in [-0.25, -0.2) is 0 Å². The van der Waals surface area contributed by atoms with Crippen LogP contribution in [0, 0.1) is 11.3 Å². The smallest absolute Gasteiger partial charge is 0.0805 e. The van der Waals surface area contributed by atoms with Crippen molar-refractivity contribution in [1.29, 1.82) is 5.26 Å². The van der Waals surface area contributed by atoms with E-state index in [9.17, 15) is 0 Å². The standard InChI is InChI=1S/C14H25NOSi/c1-5-8-10-14(13-16-12-9-11-15)17(4,6-2)7-3/h5,10H,1,6-9,12-13H2,2-4H3. The molecule has 96 valence electrons. The van der Waals surface area contributed by atoms with E-state index in [0.29, 0.717) is 19.6 Å². The van der Waals surface area contributed by atoms with Gasteiger partial charge in [-0.2, -0.15) is 5.26 Å². The summed E-state index contributed by atoms with van der Waals surface area (Å²) in [4.78, 5) is 0. The van der Waals surface area contributed by atoms with Crippen LogP contribution in [0.15, 0.2) is 23.9 Å². The minimum absolute atomic E-state index is 0.477. The van der Waals surface area contributed by atoms with Gasteiger partial charge in [0.2, 0.25) is 0 Å². The lowest BCUT2D eigenvalue weighted by atomic mass is 10.4. The summed E-state index contributed by atoms with van der Waals surface area (Å²) < 4.78 is 5.59. The monoisotopic (exact) mass is 251 g/mol. The van der Waals surface area contributed by atoms with Crippen LogP contribution in [0.25, 0.3) is 0 Å². The van der Waals surface area contributed by atoms with Crippen molar-refractivity contribution in [1.82, 2.24) is 0 Å². The van der Waals surface area contributed by atoms with Crippen molar-refractivity contribution in [3.8, 4) is 6.07 Å². The van der Waals surface area contributed by atoms with Crippen LogP contribution in [0.5, 0.6) is 0 Å². The van der Waals surface area contributed by atoms with Gasteiger partial charge < -0.3 is 4.74 Å². The fourth-order valence-corrected chi connectivity index (χ4v) is 4.18. The summed E-state index contributed by atoms with van der Waals surface area (Å²) in [5.74, 6) is 0. The lowest BCUT2D eigenvalue weighted by Crippen LogP contribution is -2.33. The van der Waals surface area contributed by atoms with E-state index in [1.807, 2.05) is 6.08 Å². The molecule has 0 aromatic heterocycles. The number of hydrogen-bond donors (Lipinski definition) is 0. The van der Waals surface area contributed by atoms with Crippen LogP contribution in [0.4, 0.5) is 0 Å². The lowest BCUT2D eigenvalue weighted by molar-refractivity contribution is 0.165. The van der Waals surface area contributed by atoms with Gasteiger partial charge in [0.05, 0.1) is 33.8 Å². The van der Waals surface area contributed by atoms with Gasteiger partial charge in [0.25, 0.3) is 0 Å². The van der Waals surface area contributed by atoms with E-state index in [1.165, 1.54) is 17.3 Å². The molecule has 0 aromatic rings. The average Bonchev–Trinajstić information content (AvgIpc) is 2.37. The van der Waals surface area contributed by atoms with Gasteiger partial charge in [-0.1, -0.05) is 49.8 Å². The Balaban J connectivity index is 4.54. The first-order valence-corrected chi connectivity index (χ1v) is 9.31. The highest BCUT2D eigenvalue weighted by atomic mass is 28.3. The Labute approximate surface area is 107 Å². The van der Waals surface area contributed by atoms with E-state index in [-0.39, 0.29) is 0 Å². The Hall–Kier alpha value is -0.853. The largest absolute Gasteiger partial charge is 0.376 e. The molecule has 0 N–H and O–H groups in total. The van der Waals surface area contributed by atoms with Gasteiger partial charge in [-0.05, 0) is 6.42 Å². The molecule has 0 aliphatic rings. The molecule has 17 heavy (non-hydrogen) atoms. The summed E-state index contributed by atoms with van der Waals surface area (Å²) in [6.07, 6.45) is 5.60. The summed E-state index contributed by atoms with van der Waals surface area (Å²) in [5, 5.41) is 9.95. The maximum atomic E-state index is 8.48. The van der Waals surface area contributed by atoms with Crippen LogP contribution in [-0.4, -0.2) is 21.3 Å². The minimum atomic E-state index is -1.32. The van der Waals surface area contributed by atoms with E-state index < -0.39 is 8.07 Å². The van der Waals surface area contributed by atoms with Gasteiger partial charge in [-0.15, -0.1) is 6.58 Å². The molecule has 0 radical (unpaired) electrons. The maximum Gasteiger partial charge on any atom is 0.0805 e. The average molecular weight is 251 g/mol. The number of rotatable bonds is 9. The van der Waals surface area contributed by atoms with Crippen molar-refractivity contribution in [3.63, 3.8) is 0 Å². The molecule has 0 unspecified atom stereocenters. The van der Waals surface area contributed by atoms with Crippen molar-refractivity contribution in [2.24, 2.45) is 0 Å². The highest BCUT2D eigenvalue weighted by Crippen LogP contribution is 2.25. The normalized spacial score (nSPS) is 12.2. The number of allylic oxidation sites excluding steroid dienone is 2. The molecule has 2 nitrogen and oxygen atoms in total. The molecule has 3 heteroatoms. The molecule has 0 aromatic carbocycles. The molecule has 0 saturated carbocycles. The molecule has 0 spiro atoms. The van der Waals surface area contributed by atoms with Crippen molar-refractivity contribution >= 4 is 8.07 Å². The SMILES string of the molecule is C=CCC=C(COCCC#N)[Si](C)(CC)CC. The molecule has 0 fully saturated rings. The summed E-state index contributed by atoms with van der Waals surface area (Å²) in [6.45, 7) is 12.0. The Morgan fingerprint density at radius 1 is 1.41 bits per heavy atom. The molecule has 0 saturated heterocycles. The Morgan fingerprint density at radius 3 is 2.53 bits per heavy atom. The fourth-order valence-electron chi connectivity index (χ4n) is 1.71. The van der Waals surface area contributed by atoms with Crippen LogP contribution in [-0.2, 0) is 4.74 Å². The van der Waals surface area contributed by atoms with E-state index >= 15 is 0 Å². The van der Waals surface area contributed by atoms with Gasteiger partial charge in [0, 0.05) is 0 Å². The van der Waals surface area contributed by atoms with E-state index in [1.54, 1.807) is 0 Å². The Bertz CT molecular complexity index is 287. The van der Waals surface area contributed by atoms with Crippen molar-refractivity contribution in [2.75, 3.05) is 13.2 Å².